The molecule has 0 bridgehead atoms. The van der Waals surface area contributed by atoms with E-state index in [2.05, 4.69) is 57.2 Å². The van der Waals surface area contributed by atoms with Gasteiger partial charge < -0.3 is 6.92 Å². The van der Waals surface area contributed by atoms with Gasteiger partial charge in [0, 0.05) is 17.1 Å². The van der Waals surface area contributed by atoms with Gasteiger partial charge in [-0.15, -0.1) is 12.8 Å². The van der Waals surface area contributed by atoms with Crippen molar-refractivity contribution in [2.75, 3.05) is 0 Å². The summed E-state index contributed by atoms with van der Waals surface area (Å²) in [5, 5.41) is 0. The topological polar surface area (TPSA) is 0 Å². The van der Waals surface area contributed by atoms with Gasteiger partial charge in [-0.25, -0.2) is 23.3 Å². The van der Waals surface area contributed by atoms with Crippen LogP contribution in [0, 0.1) is 19.1 Å². The Morgan fingerprint density at radius 1 is 0.870 bits per heavy atom. The molecule has 23 heavy (non-hydrogen) atoms. The molecule has 0 radical (unpaired) electrons. The Balaban J connectivity index is -0.000000277. The summed E-state index contributed by atoms with van der Waals surface area (Å²) in [5.74, 6) is 0. The molecule has 0 aromatic carbocycles. The van der Waals surface area contributed by atoms with Gasteiger partial charge >= 0.3 is 17.1 Å². The van der Waals surface area contributed by atoms with E-state index < -0.39 is 0 Å². The minimum atomic E-state index is 0. The molecule has 0 unspecified atom stereocenters. The summed E-state index contributed by atoms with van der Waals surface area (Å²) in [4.78, 5) is 0. The van der Waals surface area contributed by atoms with Crippen molar-refractivity contribution < 1.29 is 34.1 Å². The number of unbranched alkanes of at least 4 members (excludes halogenated alkanes) is 2. The van der Waals surface area contributed by atoms with Crippen molar-refractivity contribution in [3.05, 3.63) is 54.5 Å². The molecule has 2 aliphatic rings. The molecule has 0 saturated heterocycles. The van der Waals surface area contributed by atoms with E-state index in [0.717, 1.165) is 19.3 Å². The molecule has 0 aliphatic heterocycles. The predicted octanol–water partition coefficient (Wildman–Crippen LogP) is 6.96. The summed E-state index contributed by atoms with van der Waals surface area (Å²) < 4.78 is 0. The van der Waals surface area contributed by atoms with E-state index in [1.54, 1.807) is 0 Å². The van der Waals surface area contributed by atoms with Crippen LogP contribution in [0.4, 0.5) is 0 Å². The van der Waals surface area contributed by atoms with Crippen LogP contribution in [0.1, 0.15) is 78.6 Å². The Morgan fingerprint density at radius 3 is 1.43 bits per heavy atom. The molecule has 0 N–H and O–H groups in total. The maximum atomic E-state index is 3.49. The molecule has 0 spiro atoms. The van der Waals surface area contributed by atoms with Gasteiger partial charge in [-0.3, -0.25) is 12.2 Å². The third-order valence-corrected chi connectivity index (χ3v) is 3.13. The Morgan fingerprint density at radius 2 is 1.22 bits per heavy atom. The SMILES string of the molecule is CCCCC1=[C-]CC=C1.CCCCC1=[C-]CC=C1.[CH2-]CC.[Fe+2].[Fe]. The van der Waals surface area contributed by atoms with Crippen molar-refractivity contribution >= 4 is 0 Å². The van der Waals surface area contributed by atoms with E-state index in [1.807, 2.05) is 6.92 Å². The fourth-order valence-corrected chi connectivity index (χ4v) is 1.98. The zero-order valence-corrected chi connectivity index (χ0v) is 17.3. The van der Waals surface area contributed by atoms with Crippen LogP contribution in [0.15, 0.2) is 35.5 Å². The van der Waals surface area contributed by atoms with E-state index >= 15 is 0 Å². The van der Waals surface area contributed by atoms with E-state index in [4.69, 9.17) is 0 Å². The minimum absolute atomic E-state index is 0. The molecule has 2 aliphatic carbocycles. The first-order valence-electron chi connectivity index (χ1n) is 8.60. The first kappa shape index (κ1) is 27.8. The fourth-order valence-electron chi connectivity index (χ4n) is 1.98. The smallest absolute Gasteiger partial charge is 0.344 e. The Bertz CT molecular complexity index is 315. The van der Waals surface area contributed by atoms with Crippen LogP contribution >= 0.6 is 0 Å². The quantitative estimate of drug-likeness (QED) is 0.336. The van der Waals surface area contributed by atoms with Crippen molar-refractivity contribution in [2.45, 2.75) is 78.6 Å². The van der Waals surface area contributed by atoms with Gasteiger partial charge in [0.15, 0.2) is 0 Å². The molecular formula is C21H33Fe2-. The third kappa shape index (κ3) is 18.2. The molecule has 134 valence electrons. The van der Waals surface area contributed by atoms with Crippen molar-refractivity contribution in [3.63, 3.8) is 0 Å². The average molecular weight is 397 g/mol. The molecule has 0 fully saturated rings. The van der Waals surface area contributed by atoms with Crippen LogP contribution in [-0.2, 0) is 34.1 Å². The Hall–Kier alpha value is -0.00104. The largest absolute Gasteiger partial charge is 2.00 e. The normalized spacial score (nSPS) is 13.6. The number of rotatable bonds is 6. The molecule has 0 aromatic heterocycles. The van der Waals surface area contributed by atoms with Crippen molar-refractivity contribution in [3.8, 4) is 0 Å². The maximum absolute atomic E-state index is 3.49. The van der Waals surface area contributed by atoms with Gasteiger partial charge in [0.1, 0.15) is 0 Å². The molecule has 2 rings (SSSR count). The van der Waals surface area contributed by atoms with Crippen LogP contribution in [0.3, 0.4) is 0 Å². The average Bonchev–Trinajstić information content (AvgIpc) is 3.18. The minimum Gasteiger partial charge on any atom is -0.344 e. The zero-order valence-electron chi connectivity index (χ0n) is 15.1. The molecule has 0 atom stereocenters. The first-order valence-corrected chi connectivity index (χ1v) is 8.60. The predicted molar refractivity (Wildman–Crippen MR) is 95.7 cm³/mol. The van der Waals surface area contributed by atoms with Gasteiger partial charge in [-0.05, 0) is 0 Å². The standard InChI is InChI=1S/2C9H13.C3H7.2Fe/c2*1-2-3-6-9-7-4-5-8-9;1-3-2;;/h2*4,7H,2-3,5-6H2,1H3;1,3H2,2H3;;/q3*-1;;+2. The summed E-state index contributed by atoms with van der Waals surface area (Å²) in [7, 11) is 0. The number of hydrogen-bond donors (Lipinski definition) is 0. The van der Waals surface area contributed by atoms with E-state index in [1.165, 1.54) is 49.7 Å². The third-order valence-electron chi connectivity index (χ3n) is 3.13. The summed E-state index contributed by atoms with van der Waals surface area (Å²) in [6.07, 6.45) is 26.1. The van der Waals surface area contributed by atoms with E-state index in [-0.39, 0.29) is 34.1 Å². The molecule has 2 heteroatoms. The molecule has 0 amide bonds. The van der Waals surface area contributed by atoms with E-state index in [9.17, 15) is 0 Å². The second kappa shape index (κ2) is 22.0. The second-order valence-electron chi connectivity index (χ2n) is 5.32. The van der Waals surface area contributed by atoms with Gasteiger partial charge in [0.25, 0.3) is 0 Å². The molecular weight excluding hydrogens is 364 g/mol. The van der Waals surface area contributed by atoms with Crippen LogP contribution < -0.4 is 0 Å². The molecule has 0 aromatic rings. The summed E-state index contributed by atoms with van der Waals surface area (Å²) in [5.41, 5.74) is 2.83. The van der Waals surface area contributed by atoms with Gasteiger partial charge in [0.05, 0.1) is 0 Å². The summed E-state index contributed by atoms with van der Waals surface area (Å²) in [6.45, 7) is 9.94. The number of hydrogen-bond acceptors (Lipinski definition) is 0. The van der Waals surface area contributed by atoms with Crippen LogP contribution in [-0.4, -0.2) is 0 Å². The second-order valence-corrected chi connectivity index (χ2v) is 5.32. The zero-order chi connectivity index (χ0) is 15.8. The van der Waals surface area contributed by atoms with Gasteiger partial charge in [0.2, 0.25) is 0 Å². The summed E-state index contributed by atoms with van der Waals surface area (Å²) in [6, 6.07) is 0. The van der Waals surface area contributed by atoms with Gasteiger partial charge in [-0.2, -0.15) is 18.6 Å². The van der Waals surface area contributed by atoms with Crippen molar-refractivity contribution in [2.24, 2.45) is 0 Å². The van der Waals surface area contributed by atoms with Crippen molar-refractivity contribution in [1.29, 1.82) is 0 Å². The van der Waals surface area contributed by atoms with Crippen molar-refractivity contribution in [1.82, 2.24) is 0 Å². The van der Waals surface area contributed by atoms with Gasteiger partial charge in [-0.1, -0.05) is 59.3 Å². The molecule has 0 nitrogen and oxygen atoms in total. The first-order chi connectivity index (χ1) is 10.3. The van der Waals surface area contributed by atoms with Crippen LogP contribution in [0.5, 0.6) is 0 Å². The maximum Gasteiger partial charge on any atom is 2.00 e. The van der Waals surface area contributed by atoms with Crippen LogP contribution in [0.25, 0.3) is 0 Å². The summed E-state index contributed by atoms with van der Waals surface area (Å²) >= 11 is 0. The molecule has 0 heterocycles. The van der Waals surface area contributed by atoms with E-state index in [0.29, 0.717) is 0 Å². The fraction of sp³-hybridized carbons (Fsp3) is 0.571. The Labute approximate surface area is 166 Å². The molecule has 0 saturated carbocycles. The van der Waals surface area contributed by atoms with Crippen LogP contribution in [0.2, 0.25) is 0 Å². The Kier molecular flexibility index (Phi) is 26.6. The monoisotopic (exact) mass is 397 g/mol. The number of allylic oxidation sites excluding steroid dienone is 8.